The molecule has 0 spiro atoms. The van der Waals surface area contributed by atoms with E-state index in [1.54, 1.807) is 42.5 Å². The summed E-state index contributed by atoms with van der Waals surface area (Å²) in [6.07, 6.45) is 5.06. The third-order valence-electron chi connectivity index (χ3n) is 3.77. The first-order valence-corrected chi connectivity index (χ1v) is 7.91. The maximum Gasteiger partial charge on any atom is 0.317 e. The number of carbonyl (C=O) groups excluding carboxylic acids is 1. The first-order valence-electron chi connectivity index (χ1n) is 7.91. The van der Waals surface area contributed by atoms with Crippen LogP contribution in [0.4, 0.5) is 13.6 Å². The number of carbonyl (C=O) groups is 1. The highest BCUT2D eigenvalue weighted by atomic mass is 19.2. The van der Waals surface area contributed by atoms with Gasteiger partial charge in [-0.15, -0.1) is 0 Å². The molecule has 2 amide bonds. The van der Waals surface area contributed by atoms with Crippen LogP contribution < -0.4 is 5.32 Å². The van der Waals surface area contributed by atoms with Gasteiger partial charge in [0.15, 0.2) is 17.5 Å². The molecule has 3 rings (SSSR count). The number of hydrogen-bond donors (Lipinski definition) is 1. The van der Waals surface area contributed by atoms with Gasteiger partial charge in [-0.1, -0.05) is 12.1 Å². The Morgan fingerprint density at radius 1 is 1.19 bits per heavy atom. The van der Waals surface area contributed by atoms with Gasteiger partial charge in [0, 0.05) is 44.3 Å². The van der Waals surface area contributed by atoms with E-state index in [9.17, 15) is 13.6 Å². The van der Waals surface area contributed by atoms with Crippen molar-refractivity contribution in [3.8, 4) is 5.82 Å². The van der Waals surface area contributed by atoms with Crippen LogP contribution in [0.2, 0.25) is 0 Å². The molecule has 26 heavy (non-hydrogen) atoms. The zero-order valence-electron chi connectivity index (χ0n) is 14.1. The minimum absolute atomic E-state index is 0.155. The van der Waals surface area contributed by atoms with Crippen molar-refractivity contribution in [2.45, 2.75) is 13.1 Å². The number of hydrogen-bond acceptors (Lipinski definition) is 3. The standard InChI is InChI=1S/C18H17F2N5O/c1-24(12-13-5-6-15(19)16(20)10-13)18(26)22-11-14-4-2-7-21-17(14)25-9-3-8-23-25/h2-10H,11-12H2,1H3,(H,22,26). The summed E-state index contributed by atoms with van der Waals surface area (Å²) < 4.78 is 27.9. The molecule has 1 N–H and O–H groups in total. The lowest BCUT2D eigenvalue weighted by Gasteiger charge is -2.18. The zero-order valence-corrected chi connectivity index (χ0v) is 14.1. The van der Waals surface area contributed by atoms with Crippen molar-refractivity contribution in [1.29, 1.82) is 0 Å². The van der Waals surface area contributed by atoms with Crippen LogP contribution in [0.1, 0.15) is 11.1 Å². The van der Waals surface area contributed by atoms with Gasteiger partial charge in [-0.25, -0.2) is 23.2 Å². The summed E-state index contributed by atoms with van der Waals surface area (Å²) >= 11 is 0. The zero-order chi connectivity index (χ0) is 18.5. The summed E-state index contributed by atoms with van der Waals surface area (Å²) in [7, 11) is 1.58. The van der Waals surface area contributed by atoms with Crippen molar-refractivity contribution in [2.24, 2.45) is 0 Å². The van der Waals surface area contributed by atoms with Crippen LogP contribution in [0.25, 0.3) is 5.82 Å². The fourth-order valence-electron chi connectivity index (χ4n) is 2.46. The Kier molecular flexibility index (Phi) is 5.21. The van der Waals surface area contributed by atoms with Crippen molar-refractivity contribution in [2.75, 3.05) is 7.05 Å². The number of pyridine rings is 1. The molecule has 0 bridgehead atoms. The normalized spacial score (nSPS) is 10.6. The molecule has 0 radical (unpaired) electrons. The number of nitrogens with zero attached hydrogens (tertiary/aromatic N) is 4. The van der Waals surface area contributed by atoms with Crippen LogP contribution in [0.5, 0.6) is 0 Å². The maximum atomic E-state index is 13.3. The number of benzene rings is 1. The van der Waals surface area contributed by atoms with E-state index in [-0.39, 0.29) is 19.1 Å². The van der Waals surface area contributed by atoms with Crippen molar-refractivity contribution in [3.05, 3.63) is 77.8 Å². The monoisotopic (exact) mass is 357 g/mol. The lowest BCUT2D eigenvalue weighted by Crippen LogP contribution is -2.36. The number of amides is 2. The third kappa shape index (κ3) is 4.02. The van der Waals surface area contributed by atoms with Crippen molar-refractivity contribution in [1.82, 2.24) is 25.0 Å². The van der Waals surface area contributed by atoms with Gasteiger partial charge in [-0.2, -0.15) is 5.10 Å². The molecule has 0 aliphatic rings. The van der Waals surface area contributed by atoms with Crippen molar-refractivity contribution < 1.29 is 13.6 Å². The summed E-state index contributed by atoms with van der Waals surface area (Å²) in [4.78, 5) is 17.9. The van der Waals surface area contributed by atoms with Crippen LogP contribution in [0.3, 0.4) is 0 Å². The average molecular weight is 357 g/mol. The lowest BCUT2D eigenvalue weighted by molar-refractivity contribution is 0.206. The molecule has 6 nitrogen and oxygen atoms in total. The van der Waals surface area contributed by atoms with Gasteiger partial charge < -0.3 is 10.2 Å². The van der Waals surface area contributed by atoms with E-state index >= 15 is 0 Å². The molecular formula is C18H17F2N5O. The Morgan fingerprint density at radius 3 is 2.77 bits per heavy atom. The molecule has 0 aliphatic heterocycles. The van der Waals surface area contributed by atoms with Crippen molar-refractivity contribution in [3.63, 3.8) is 0 Å². The van der Waals surface area contributed by atoms with Crippen LogP contribution in [0, 0.1) is 11.6 Å². The molecule has 0 unspecified atom stereocenters. The van der Waals surface area contributed by atoms with Gasteiger partial charge >= 0.3 is 6.03 Å². The highest BCUT2D eigenvalue weighted by Gasteiger charge is 2.12. The molecule has 0 fully saturated rings. The second-order valence-corrected chi connectivity index (χ2v) is 5.70. The molecule has 0 saturated carbocycles. The SMILES string of the molecule is CN(Cc1ccc(F)c(F)c1)C(=O)NCc1cccnc1-n1cccn1. The molecule has 8 heteroatoms. The smallest absolute Gasteiger partial charge is 0.317 e. The second kappa shape index (κ2) is 7.73. The fraction of sp³-hybridized carbons (Fsp3) is 0.167. The van der Waals surface area contributed by atoms with Gasteiger partial charge in [0.05, 0.1) is 0 Å². The molecule has 0 saturated heterocycles. The van der Waals surface area contributed by atoms with Gasteiger partial charge in [0.2, 0.25) is 0 Å². The quantitative estimate of drug-likeness (QED) is 0.764. The van der Waals surface area contributed by atoms with E-state index in [4.69, 9.17) is 0 Å². The van der Waals surface area contributed by atoms with Crippen LogP contribution in [-0.4, -0.2) is 32.7 Å². The van der Waals surface area contributed by atoms with E-state index < -0.39 is 11.6 Å². The summed E-state index contributed by atoms with van der Waals surface area (Å²) in [5.74, 6) is -1.22. The predicted molar refractivity (Wildman–Crippen MR) is 91.4 cm³/mol. The number of urea groups is 1. The predicted octanol–water partition coefficient (Wildman–Crippen LogP) is 2.89. The molecule has 3 aromatic rings. The van der Waals surface area contributed by atoms with Crippen LogP contribution in [-0.2, 0) is 13.1 Å². The van der Waals surface area contributed by atoms with E-state index in [0.29, 0.717) is 11.4 Å². The van der Waals surface area contributed by atoms with Gasteiger partial charge in [0.25, 0.3) is 0 Å². The molecule has 0 aliphatic carbocycles. The van der Waals surface area contributed by atoms with Gasteiger partial charge in [-0.05, 0) is 29.8 Å². The Hall–Kier alpha value is -3.29. The first kappa shape index (κ1) is 17.5. The number of halogens is 2. The first-order chi connectivity index (χ1) is 12.5. The number of aromatic nitrogens is 3. The molecule has 1 aromatic carbocycles. The van der Waals surface area contributed by atoms with Gasteiger partial charge in [0.1, 0.15) is 0 Å². The fourth-order valence-corrected chi connectivity index (χ4v) is 2.46. The second-order valence-electron chi connectivity index (χ2n) is 5.70. The number of rotatable bonds is 5. The largest absolute Gasteiger partial charge is 0.334 e. The minimum Gasteiger partial charge on any atom is -0.334 e. The molecule has 2 aromatic heterocycles. The highest BCUT2D eigenvalue weighted by molar-refractivity contribution is 5.74. The molecule has 0 atom stereocenters. The molecule has 134 valence electrons. The van der Waals surface area contributed by atoms with E-state index in [1.165, 1.54) is 11.0 Å². The highest BCUT2D eigenvalue weighted by Crippen LogP contribution is 2.12. The minimum atomic E-state index is -0.935. The summed E-state index contributed by atoms with van der Waals surface area (Å²) in [5.41, 5.74) is 1.30. The van der Waals surface area contributed by atoms with Crippen LogP contribution in [0.15, 0.2) is 55.0 Å². The Morgan fingerprint density at radius 2 is 2.04 bits per heavy atom. The van der Waals surface area contributed by atoms with Crippen LogP contribution >= 0.6 is 0 Å². The summed E-state index contributed by atoms with van der Waals surface area (Å²) in [6.45, 7) is 0.409. The lowest BCUT2D eigenvalue weighted by atomic mass is 10.2. The van der Waals surface area contributed by atoms with E-state index in [1.807, 2.05) is 6.07 Å². The summed E-state index contributed by atoms with van der Waals surface area (Å²) in [6, 6.07) is 8.63. The Labute approximate surface area is 149 Å². The Bertz CT molecular complexity index is 898. The maximum absolute atomic E-state index is 13.3. The van der Waals surface area contributed by atoms with Gasteiger partial charge in [-0.3, -0.25) is 0 Å². The average Bonchev–Trinajstić information content (AvgIpc) is 3.17. The van der Waals surface area contributed by atoms with E-state index in [0.717, 1.165) is 17.7 Å². The van der Waals surface area contributed by atoms with E-state index in [2.05, 4.69) is 15.4 Å². The summed E-state index contributed by atoms with van der Waals surface area (Å²) in [5, 5.41) is 6.93. The molecular weight excluding hydrogens is 340 g/mol. The molecule has 2 heterocycles. The Balaban J connectivity index is 1.63. The topological polar surface area (TPSA) is 63.1 Å². The number of nitrogens with one attached hydrogen (secondary N) is 1. The van der Waals surface area contributed by atoms with Crippen molar-refractivity contribution >= 4 is 6.03 Å². The third-order valence-corrected chi connectivity index (χ3v) is 3.77.